The average Bonchev–Trinajstić information content (AvgIpc) is 3.21. The summed E-state index contributed by atoms with van der Waals surface area (Å²) in [5.74, 6) is 0.195. The Morgan fingerprint density at radius 3 is 2.78 bits per heavy atom. The van der Waals surface area contributed by atoms with Crippen molar-refractivity contribution in [2.75, 3.05) is 32.4 Å². The molecule has 0 bridgehead atoms. The topological polar surface area (TPSA) is 78.5 Å². The fourth-order valence-corrected chi connectivity index (χ4v) is 6.34. The highest BCUT2D eigenvalue weighted by atomic mass is 35.5. The van der Waals surface area contributed by atoms with Crippen molar-refractivity contribution in [2.45, 2.75) is 41.5 Å². The molecule has 2 N–H and O–H groups in total. The lowest BCUT2D eigenvalue weighted by atomic mass is 9.99. The number of halogens is 1. The first kappa shape index (κ1) is 22.5. The first-order chi connectivity index (χ1) is 12.5. The fraction of sp³-hybridized carbons (Fsp3) is 0.611. The summed E-state index contributed by atoms with van der Waals surface area (Å²) in [6, 6.07) is 7.05. The first-order valence-corrected chi connectivity index (χ1v) is 11.8. The standard InChI is InChI=1S/C18H27N3O3S2.ClH/c1-25-16-8-2-3-9-17(16)26(23,24)21-11-5-6-14(13-21)12-20-18(22)15-7-4-10-19-15;/h2-3,8-9,14-15,19H,4-7,10-13H2,1H3,(H,20,22);1H. The number of rotatable bonds is 6. The largest absolute Gasteiger partial charge is 0.354 e. The van der Waals surface area contributed by atoms with Crippen LogP contribution >= 0.6 is 24.2 Å². The van der Waals surface area contributed by atoms with Gasteiger partial charge >= 0.3 is 0 Å². The van der Waals surface area contributed by atoms with Gasteiger partial charge in [0.2, 0.25) is 15.9 Å². The smallest absolute Gasteiger partial charge is 0.244 e. The van der Waals surface area contributed by atoms with E-state index in [4.69, 9.17) is 0 Å². The molecule has 3 rings (SSSR count). The molecule has 0 spiro atoms. The maximum absolute atomic E-state index is 13.1. The molecule has 152 valence electrons. The van der Waals surface area contributed by atoms with Crippen molar-refractivity contribution in [3.63, 3.8) is 0 Å². The highest BCUT2D eigenvalue weighted by molar-refractivity contribution is 7.99. The van der Waals surface area contributed by atoms with Gasteiger partial charge in [-0.2, -0.15) is 4.31 Å². The van der Waals surface area contributed by atoms with Gasteiger partial charge in [-0.05, 0) is 56.5 Å². The van der Waals surface area contributed by atoms with Crippen LogP contribution in [-0.4, -0.2) is 57.1 Å². The van der Waals surface area contributed by atoms with Crippen LogP contribution in [-0.2, 0) is 14.8 Å². The molecule has 2 atom stereocenters. The molecule has 0 saturated carbocycles. The van der Waals surface area contributed by atoms with Crippen LogP contribution in [0.15, 0.2) is 34.1 Å². The van der Waals surface area contributed by atoms with Crippen LogP contribution in [0.4, 0.5) is 0 Å². The Hall–Kier alpha value is -0.800. The summed E-state index contributed by atoms with van der Waals surface area (Å²) in [5, 5.41) is 6.19. The second-order valence-electron chi connectivity index (χ2n) is 6.92. The maximum Gasteiger partial charge on any atom is 0.244 e. The molecule has 2 aliphatic heterocycles. The molecule has 1 amide bonds. The fourth-order valence-electron chi connectivity index (χ4n) is 3.66. The van der Waals surface area contributed by atoms with Crippen molar-refractivity contribution in [2.24, 2.45) is 5.92 Å². The molecule has 2 aliphatic rings. The molecule has 1 aromatic carbocycles. The third kappa shape index (κ3) is 5.38. The number of sulfonamides is 1. The van der Waals surface area contributed by atoms with Crippen molar-refractivity contribution in [1.82, 2.24) is 14.9 Å². The number of hydrogen-bond acceptors (Lipinski definition) is 5. The first-order valence-electron chi connectivity index (χ1n) is 9.16. The van der Waals surface area contributed by atoms with E-state index in [-0.39, 0.29) is 30.3 Å². The molecular weight excluding hydrogens is 406 g/mol. The summed E-state index contributed by atoms with van der Waals surface area (Å²) in [4.78, 5) is 13.3. The normalized spacial score (nSPS) is 23.6. The van der Waals surface area contributed by atoms with E-state index < -0.39 is 10.0 Å². The van der Waals surface area contributed by atoms with Crippen molar-refractivity contribution in [1.29, 1.82) is 0 Å². The minimum Gasteiger partial charge on any atom is -0.354 e. The molecule has 6 nitrogen and oxygen atoms in total. The number of nitrogens with zero attached hydrogens (tertiary/aromatic N) is 1. The van der Waals surface area contributed by atoms with E-state index in [2.05, 4.69) is 10.6 Å². The lowest BCUT2D eigenvalue weighted by Gasteiger charge is -2.32. The van der Waals surface area contributed by atoms with Crippen LogP contribution in [0.3, 0.4) is 0 Å². The maximum atomic E-state index is 13.1. The van der Waals surface area contributed by atoms with Crippen LogP contribution in [0, 0.1) is 5.92 Å². The monoisotopic (exact) mass is 433 g/mol. The Morgan fingerprint density at radius 2 is 2.07 bits per heavy atom. The average molecular weight is 434 g/mol. The van der Waals surface area contributed by atoms with Gasteiger partial charge in [-0.1, -0.05) is 12.1 Å². The van der Waals surface area contributed by atoms with E-state index in [1.165, 1.54) is 11.8 Å². The Balaban J connectivity index is 0.00000261. The quantitative estimate of drug-likeness (QED) is 0.671. The Morgan fingerprint density at radius 1 is 1.30 bits per heavy atom. The number of amides is 1. The summed E-state index contributed by atoms with van der Waals surface area (Å²) in [6.07, 6.45) is 5.56. The summed E-state index contributed by atoms with van der Waals surface area (Å²) < 4.78 is 27.7. The molecule has 0 aliphatic carbocycles. The Bertz CT molecular complexity index is 739. The predicted octanol–water partition coefficient (Wildman–Crippen LogP) is 2.10. The molecule has 0 aromatic heterocycles. The van der Waals surface area contributed by atoms with Gasteiger partial charge in [-0.3, -0.25) is 4.79 Å². The molecule has 2 fully saturated rings. The number of piperidine rings is 1. The number of thioether (sulfide) groups is 1. The molecule has 2 heterocycles. The van der Waals surface area contributed by atoms with Gasteiger partial charge in [-0.25, -0.2) is 8.42 Å². The third-order valence-corrected chi connectivity index (χ3v) is 7.96. The van der Waals surface area contributed by atoms with E-state index in [0.29, 0.717) is 24.5 Å². The van der Waals surface area contributed by atoms with E-state index in [0.717, 1.165) is 37.1 Å². The van der Waals surface area contributed by atoms with Crippen LogP contribution in [0.1, 0.15) is 25.7 Å². The Kier molecular flexibility index (Phi) is 8.42. The number of carbonyl (C=O) groups excluding carboxylic acids is 1. The minimum absolute atomic E-state index is 0. The lowest BCUT2D eigenvalue weighted by Crippen LogP contribution is -2.46. The zero-order valence-corrected chi connectivity index (χ0v) is 18.0. The number of carbonyl (C=O) groups is 1. The minimum atomic E-state index is -3.50. The summed E-state index contributed by atoms with van der Waals surface area (Å²) >= 11 is 1.45. The van der Waals surface area contributed by atoms with Crippen LogP contribution in [0.25, 0.3) is 0 Å². The van der Waals surface area contributed by atoms with E-state index in [9.17, 15) is 13.2 Å². The van der Waals surface area contributed by atoms with Gasteiger partial charge in [-0.15, -0.1) is 24.2 Å². The molecule has 9 heteroatoms. The second kappa shape index (κ2) is 10.1. The van der Waals surface area contributed by atoms with Crippen molar-refractivity contribution < 1.29 is 13.2 Å². The van der Waals surface area contributed by atoms with Gasteiger partial charge in [0.15, 0.2) is 0 Å². The van der Waals surface area contributed by atoms with E-state index in [1.54, 1.807) is 16.4 Å². The highest BCUT2D eigenvalue weighted by Gasteiger charge is 2.32. The van der Waals surface area contributed by atoms with Crippen LogP contribution in [0.5, 0.6) is 0 Å². The van der Waals surface area contributed by atoms with E-state index >= 15 is 0 Å². The van der Waals surface area contributed by atoms with Crippen LogP contribution < -0.4 is 10.6 Å². The lowest BCUT2D eigenvalue weighted by molar-refractivity contribution is -0.123. The van der Waals surface area contributed by atoms with Crippen molar-refractivity contribution in [3.05, 3.63) is 24.3 Å². The third-order valence-electron chi connectivity index (χ3n) is 5.11. The number of nitrogens with one attached hydrogen (secondary N) is 2. The molecule has 2 saturated heterocycles. The SMILES string of the molecule is CSc1ccccc1S(=O)(=O)N1CCCC(CNC(=O)C2CCCN2)C1.Cl. The van der Waals surface area contributed by atoms with Gasteiger partial charge < -0.3 is 10.6 Å². The second-order valence-corrected chi connectivity index (χ2v) is 9.67. The summed E-state index contributed by atoms with van der Waals surface area (Å²) in [7, 11) is -3.50. The number of hydrogen-bond donors (Lipinski definition) is 2. The van der Waals surface area contributed by atoms with E-state index in [1.807, 2.05) is 18.4 Å². The Labute approximate surface area is 172 Å². The van der Waals surface area contributed by atoms with Crippen molar-refractivity contribution >= 4 is 40.1 Å². The van der Waals surface area contributed by atoms with Gasteiger partial charge in [0.05, 0.1) is 10.9 Å². The molecule has 1 aromatic rings. The van der Waals surface area contributed by atoms with Crippen molar-refractivity contribution in [3.8, 4) is 0 Å². The predicted molar refractivity (Wildman–Crippen MR) is 111 cm³/mol. The summed E-state index contributed by atoms with van der Waals surface area (Å²) in [6.45, 7) is 2.43. The molecule has 27 heavy (non-hydrogen) atoms. The van der Waals surface area contributed by atoms with Gasteiger partial charge in [0.25, 0.3) is 0 Å². The highest BCUT2D eigenvalue weighted by Crippen LogP contribution is 2.29. The van der Waals surface area contributed by atoms with Gasteiger partial charge in [0.1, 0.15) is 0 Å². The zero-order valence-electron chi connectivity index (χ0n) is 15.5. The molecular formula is C18H28ClN3O3S2. The molecule has 2 unspecified atom stereocenters. The zero-order chi connectivity index (χ0) is 18.6. The van der Waals surface area contributed by atoms with Crippen LogP contribution in [0.2, 0.25) is 0 Å². The molecule has 0 radical (unpaired) electrons. The number of benzene rings is 1. The summed E-state index contributed by atoms with van der Waals surface area (Å²) in [5.41, 5.74) is 0. The van der Waals surface area contributed by atoms with Gasteiger partial charge in [0, 0.05) is 24.5 Å².